The predicted octanol–water partition coefficient (Wildman–Crippen LogP) is 3.22. The molecule has 1 unspecified atom stereocenters. The number of hydrogen-bond donors (Lipinski definition) is 3. The van der Waals surface area contributed by atoms with Crippen LogP contribution in [0.1, 0.15) is 23.2 Å². The number of hydrogen-bond acceptors (Lipinski definition) is 2. The molecule has 1 atom stereocenters. The minimum Gasteiger partial charge on any atom is -0.480 e. The van der Waals surface area contributed by atoms with Crippen LogP contribution in [0, 0.1) is 5.82 Å². The van der Waals surface area contributed by atoms with Crippen molar-refractivity contribution in [3.8, 4) is 0 Å². The smallest absolute Gasteiger partial charge is 0.323 e. The van der Waals surface area contributed by atoms with Gasteiger partial charge in [0.1, 0.15) is 12.4 Å². The van der Waals surface area contributed by atoms with Crippen molar-refractivity contribution in [1.82, 2.24) is 15.2 Å². The summed E-state index contributed by atoms with van der Waals surface area (Å²) in [6, 6.07) is 13.7. The molecular formula is C22H22FN3O3. The Kier molecular flexibility index (Phi) is 5.20. The molecule has 0 saturated heterocycles. The van der Waals surface area contributed by atoms with E-state index in [0.29, 0.717) is 31.3 Å². The summed E-state index contributed by atoms with van der Waals surface area (Å²) < 4.78 is 15.6. The second-order valence-electron chi connectivity index (χ2n) is 7.32. The maximum Gasteiger partial charge on any atom is 0.323 e. The zero-order chi connectivity index (χ0) is 20.4. The van der Waals surface area contributed by atoms with E-state index < -0.39 is 5.97 Å². The zero-order valence-corrected chi connectivity index (χ0v) is 15.8. The molecule has 1 aliphatic rings. The third kappa shape index (κ3) is 4.08. The van der Waals surface area contributed by atoms with Crippen molar-refractivity contribution in [3.05, 3.63) is 71.2 Å². The van der Waals surface area contributed by atoms with E-state index in [1.54, 1.807) is 10.6 Å². The SMILES string of the molecule is O=C(O)Cn1c2c(c3cc(F)ccc31)CC(NC(=O)NCc1ccccc1)CC2. The Labute approximate surface area is 167 Å². The quantitative estimate of drug-likeness (QED) is 0.620. The summed E-state index contributed by atoms with van der Waals surface area (Å²) in [5.74, 6) is -1.29. The normalized spacial score (nSPS) is 15.7. The monoisotopic (exact) mass is 395 g/mol. The van der Waals surface area contributed by atoms with Crippen LogP contribution in [0.3, 0.4) is 0 Å². The zero-order valence-electron chi connectivity index (χ0n) is 15.8. The summed E-state index contributed by atoms with van der Waals surface area (Å²) >= 11 is 0. The maximum absolute atomic E-state index is 13.8. The van der Waals surface area contributed by atoms with Crippen LogP contribution in [0.2, 0.25) is 0 Å². The second-order valence-corrected chi connectivity index (χ2v) is 7.32. The van der Waals surface area contributed by atoms with E-state index in [-0.39, 0.29) is 24.4 Å². The topological polar surface area (TPSA) is 83.4 Å². The first-order valence-electron chi connectivity index (χ1n) is 9.61. The van der Waals surface area contributed by atoms with Crippen LogP contribution in [0.5, 0.6) is 0 Å². The van der Waals surface area contributed by atoms with Crippen molar-refractivity contribution in [2.24, 2.45) is 0 Å². The fraction of sp³-hybridized carbons (Fsp3) is 0.273. The van der Waals surface area contributed by atoms with Crippen molar-refractivity contribution < 1.29 is 19.1 Å². The van der Waals surface area contributed by atoms with Gasteiger partial charge in [0.25, 0.3) is 0 Å². The van der Waals surface area contributed by atoms with E-state index in [4.69, 9.17) is 0 Å². The Bertz CT molecular complexity index is 1060. The van der Waals surface area contributed by atoms with Gasteiger partial charge in [0.15, 0.2) is 0 Å². The van der Waals surface area contributed by atoms with Crippen LogP contribution in [0.25, 0.3) is 10.9 Å². The van der Waals surface area contributed by atoms with Gasteiger partial charge in [-0.2, -0.15) is 0 Å². The molecule has 150 valence electrons. The van der Waals surface area contributed by atoms with E-state index in [2.05, 4.69) is 10.6 Å². The number of aliphatic carboxylic acids is 1. The van der Waals surface area contributed by atoms with Gasteiger partial charge in [-0.25, -0.2) is 9.18 Å². The number of carbonyl (C=O) groups is 2. The molecule has 6 nitrogen and oxygen atoms in total. The number of aromatic nitrogens is 1. The van der Waals surface area contributed by atoms with Gasteiger partial charge in [-0.3, -0.25) is 4.79 Å². The predicted molar refractivity (Wildman–Crippen MR) is 107 cm³/mol. The number of fused-ring (bicyclic) bond motifs is 3. The standard InChI is InChI=1S/C22H22FN3O3/c23-15-6-8-19-17(10-15)18-11-16(7-9-20(18)26(19)13-21(27)28)25-22(29)24-12-14-4-2-1-3-5-14/h1-6,8,10,16H,7,9,11-13H2,(H,27,28)(H2,24,25,29). The van der Waals surface area contributed by atoms with Gasteiger partial charge in [0.05, 0.1) is 0 Å². The summed E-state index contributed by atoms with van der Waals surface area (Å²) in [7, 11) is 0. The molecule has 1 aromatic heterocycles. The number of carboxylic acid groups (broad SMARTS) is 1. The molecule has 0 aliphatic heterocycles. The molecule has 1 heterocycles. The van der Waals surface area contributed by atoms with Crippen molar-refractivity contribution in [2.45, 2.75) is 38.4 Å². The van der Waals surface area contributed by atoms with Gasteiger partial charge >= 0.3 is 12.0 Å². The summed E-state index contributed by atoms with van der Waals surface area (Å²) in [6.45, 7) is 0.279. The van der Waals surface area contributed by atoms with E-state index >= 15 is 0 Å². The fourth-order valence-corrected chi connectivity index (χ4v) is 4.08. The first-order valence-corrected chi connectivity index (χ1v) is 9.61. The highest BCUT2D eigenvalue weighted by atomic mass is 19.1. The average molecular weight is 395 g/mol. The maximum atomic E-state index is 13.8. The number of benzene rings is 2. The van der Waals surface area contributed by atoms with Crippen molar-refractivity contribution >= 4 is 22.9 Å². The van der Waals surface area contributed by atoms with Crippen LogP contribution in [0.15, 0.2) is 48.5 Å². The number of rotatable bonds is 5. The Morgan fingerprint density at radius 1 is 1.17 bits per heavy atom. The van der Waals surface area contributed by atoms with Crippen molar-refractivity contribution in [3.63, 3.8) is 0 Å². The van der Waals surface area contributed by atoms with Gasteiger partial charge in [0.2, 0.25) is 0 Å². The average Bonchev–Trinajstić information content (AvgIpc) is 2.99. The number of nitrogens with one attached hydrogen (secondary N) is 2. The van der Waals surface area contributed by atoms with E-state index in [0.717, 1.165) is 22.2 Å². The first-order chi connectivity index (χ1) is 14.0. The minimum atomic E-state index is -0.936. The Morgan fingerprint density at radius 2 is 1.97 bits per heavy atom. The molecule has 7 heteroatoms. The highest BCUT2D eigenvalue weighted by Gasteiger charge is 2.27. The summed E-state index contributed by atoms with van der Waals surface area (Å²) in [6.07, 6.45) is 1.87. The van der Waals surface area contributed by atoms with Gasteiger partial charge in [0, 0.05) is 29.2 Å². The van der Waals surface area contributed by atoms with Gasteiger partial charge in [-0.15, -0.1) is 0 Å². The van der Waals surface area contributed by atoms with E-state index in [9.17, 15) is 19.1 Å². The number of halogens is 1. The van der Waals surface area contributed by atoms with E-state index in [1.807, 2.05) is 30.3 Å². The molecule has 2 amide bonds. The largest absolute Gasteiger partial charge is 0.480 e. The number of amides is 2. The molecule has 1 aliphatic carbocycles. The fourth-order valence-electron chi connectivity index (χ4n) is 4.08. The Hall–Kier alpha value is -3.35. The lowest BCUT2D eigenvalue weighted by Crippen LogP contribution is -2.44. The molecule has 4 rings (SSSR count). The van der Waals surface area contributed by atoms with Crippen LogP contribution in [-0.4, -0.2) is 27.7 Å². The highest BCUT2D eigenvalue weighted by Crippen LogP contribution is 2.32. The van der Waals surface area contributed by atoms with Crippen molar-refractivity contribution in [2.75, 3.05) is 0 Å². The summed E-state index contributed by atoms with van der Waals surface area (Å²) in [4.78, 5) is 23.6. The molecule has 0 spiro atoms. The Balaban J connectivity index is 1.50. The van der Waals surface area contributed by atoms with Gasteiger partial charge in [-0.05, 0) is 48.6 Å². The molecular weight excluding hydrogens is 373 g/mol. The summed E-state index contributed by atoms with van der Waals surface area (Å²) in [5.41, 5.74) is 3.56. The van der Waals surface area contributed by atoms with E-state index in [1.165, 1.54) is 12.1 Å². The molecule has 29 heavy (non-hydrogen) atoms. The molecule has 0 bridgehead atoms. The number of carbonyl (C=O) groups excluding carboxylic acids is 1. The molecule has 2 aromatic carbocycles. The first kappa shape index (κ1) is 19.0. The molecule has 0 saturated carbocycles. The van der Waals surface area contributed by atoms with Gasteiger partial charge < -0.3 is 20.3 Å². The lowest BCUT2D eigenvalue weighted by atomic mass is 9.91. The molecule has 3 aromatic rings. The van der Waals surface area contributed by atoms with Crippen LogP contribution >= 0.6 is 0 Å². The molecule has 0 radical (unpaired) electrons. The lowest BCUT2D eigenvalue weighted by Gasteiger charge is -2.25. The number of carboxylic acids is 1. The van der Waals surface area contributed by atoms with Crippen LogP contribution < -0.4 is 10.6 Å². The van der Waals surface area contributed by atoms with Gasteiger partial charge in [-0.1, -0.05) is 30.3 Å². The highest BCUT2D eigenvalue weighted by molar-refractivity contribution is 5.87. The number of nitrogens with zero attached hydrogens (tertiary/aromatic N) is 1. The third-order valence-electron chi connectivity index (χ3n) is 5.35. The Morgan fingerprint density at radius 3 is 2.72 bits per heavy atom. The van der Waals surface area contributed by atoms with Crippen LogP contribution in [0.4, 0.5) is 9.18 Å². The summed E-state index contributed by atoms with van der Waals surface area (Å²) in [5, 5.41) is 15.8. The minimum absolute atomic E-state index is 0.0922. The lowest BCUT2D eigenvalue weighted by molar-refractivity contribution is -0.137. The second kappa shape index (κ2) is 7.95. The number of urea groups is 1. The van der Waals surface area contributed by atoms with Crippen LogP contribution in [-0.2, 0) is 30.7 Å². The third-order valence-corrected chi connectivity index (χ3v) is 5.35. The molecule has 3 N–H and O–H groups in total. The van der Waals surface area contributed by atoms with Crippen molar-refractivity contribution in [1.29, 1.82) is 0 Å². The molecule has 0 fully saturated rings.